The van der Waals surface area contributed by atoms with Crippen LogP contribution in [0.5, 0.6) is 5.75 Å². The second kappa shape index (κ2) is 6.19. The number of anilines is 1. The largest absolute Gasteiger partial charge is 0.493 e. The molecule has 4 nitrogen and oxygen atoms in total. The third kappa shape index (κ3) is 5.17. The number of amides is 1. The van der Waals surface area contributed by atoms with Crippen molar-refractivity contribution in [1.82, 2.24) is 0 Å². The highest BCUT2D eigenvalue weighted by molar-refractivity contribution is 7.99. The summed E-state index contributed by atoms with van der Waals surface area (Å²) in [5.74, 6) is 1.51. The van der Waals surface area contributed by atoms with Crippen LogP contribution in [-0.4, -0.2) is 24.0 Å². The Labute approximate surface area is 93.0 Å². The summed E-state index contributed by atoms with van der Waals surface area (Å²) in [6, 6.07) is 7.24. The van der Waals surface area contributed by atoms with E-state index in [9.17, 15) is 4.79 Å². The highest BCUT2D eigenvalue weighted by atomic mass is 32.2. The number of rotatable bonds is 6. The van der Waals surface area contributed by atoms with E-state index >= 15 is 0 Å². The Morgan fingerprint density at radius 2 is 2.27 bits per heavy atom. The molecule has 1 aromatic carbocycles. The number of hydrogen-bond acceptors (Lipinski definition) is 4. The van der Waals surface area contributed by atoms with Gasteiger partial charge in [-0.15, -0.1) is 11.8 Å². The predicted molar refractivity (Wildman–Crippen MR) is 62.9 cm³/mol. The first-order valence-electron chi connectivity index (χ1n) is 4.53. The van der Waals surface area contributed by atoms with Crippen molar-refractivity contribution in [3.63, 3.8) is 0 Å². The van der Waals surface area contributed by atoms with Crippen molar-refractivity contribution in [2.24, 2.45) is 5.73 Å². The molecule has 0 spiro atoms. The first kappa shape index (κ1) is 11.7. The van der Waals surface area contributed by atoms with Crippen LogP contribution in [0.2, 0.25) is 0 Å². The van der Waals surface area contributed by atoms with Crippen LogP contribution in [0.15, 0.2) is 24.3 Å². The molecule has 0 atom stereocenters. The summed E-state index contributed by atoms with van der Waals surface area (Å²) in [6.07, 6.45) is 0. The van der Waals surface area contributed by atoms with E-state index in [2.05, 4.69) is 0 Å². The monoisotopic (exact) mass is 226 g/mol. The Bertz CT molecular complexity index is 331. The van der Waals surface area contributed by atoms with Gasteiger partial charge in [0.15, 0.2) is 0 Å². The topological polar surface area (TPSA) is 78.3 Å². The molecule has 0 aliphatic rings. The number of thioether (sulfide) groups is 1. The molecule has 1 aromatic rings. The lowest BCUT2D eigenvalue weighted by atomic mass is 10.3. The summed E-state index contributed by atoms with van der Waals surface area (Å²) in [5.41, 5.74) is 11.2. The second-order valence-corrected chi connectivity index (χ2v) is 4.05. The number of primary amides is 1. The zero-order valence-corrected chi connectivity index (χ0v) is 9.13. The number of carbonyl (C=O) groups is 1. The van der Waals surface area contributed by atoms with E-state index in [1.807, 2.05) is 12.1 Å². The summed E-state index contributed by atoms with van der Waals surface area (Å²) >= 11 is 1.45. The molecule has 0 saturated carbocycles. The maximum absolute atomic E-state index is 10.4. The molecule has 4 N–H and O–H groups in total. The van der Waals surface area contributed by atoms with Crippen LogP contribution in [-0.2, 0) is 4.79 Å². The Morgan fingerprint density at radius 3 is 2.93 bits per heavy atom. The van der Waals surface area contributed by atoms with Gasteiger partial charge in [-0.3, -0.25) is 4.79 Å². The molecule has 0 unspecified atom stereocenters. The summed E-state index contributed by atoms with van der Waals surface area (Å²) in [6.45, 7) is 0.543. The van der Waals surface area contributed by atoms with Crippen LogP contribution in [0.25, 0.3) is 0 Å². The highest BCUT2D eigenvalue weighted by Crippen LogP contribution is 2.14. The van der Waals surface area contributed by atoms with Gasteiger partial charge in [-0.05, 0) is 12.1 Å². The second-order valence-electron chi connectivity index (χ2n) is 2.94. The SMILES string of the molecule is NC(=O)CSCCOc1cccc(N)c1. The van der Waals surface area contributed by atoms with Crippen LogP contribution in [0.3, 0.4) is 0 Å². The molecule has 0 heterocycles. The highest BCUT2D eigenvalue weighted by Gasteiger charge is 1.96. The third-order valence-electron chi connectivity index (χ3n) is 1.60. The number of ether oxygens (including phenoxy) is 1. The molecule has 0 fully saturated rings. The predicted octanol–water partition coefficient (Wildman–Crippen LogP) is 0.866. The molecule has 82 valence electrons. The van der Waals surface area contributed by atoms with Gasteiger partial charge in [-0.25, -0.2) is 0 Å². The number of carbonyl (C=O) groups excluding carboxylic acids is 1. The van der Waals surface area contributed by atoms with Gasteiger partial charge in [0.1, 0.15) is 5.75 Å². The van der Waals surface area contributed by atoms with Crippen LogP contribution < -0.4 is 16.2 Å². The quantitative estimate of drug-likeness (QED) is 0.557. The summed E-state index contributed by atoms with van der Waals surface area (Å²) in [5, 5.41) is 0. The zero-order valence-electron chi connectivity index (χ0n) is 8.31. The van der Waals surface area contributed by atoms with E-state index in [-0.39, 0.29) is 5.91 Å². The maximum Gasteiger partial charge on any atom is 0.227 e. The van der Waals surface area contributed by atoms with Gasteiger partial charge >= 0.3 is 0 Å². The van der Waals surface area contributed by atoms with E-state index in [0.717, 1.165) is 11.5 Å². The van der Waals surface area contributed by atoms with Crippen molar-refractivity contribution in [1.29, 1.82) is 0 Å². The van der Waals surface area contributed by atoms with Crippen molar-refractivity contribution < 1.29 is 9.53 Å². The molecule has 0 aliphatic heterocycles. The molecule has 0 radical (unpaired) electrons. The summed E-state index contributed by atoms with van der Waals surface area (Å²) < 4.78 is 5.42. The fourth-order valence-electron chi connectivity index (χ4n) is 0.996. The Kier molecular flexibility index (Phi) is 4.83. The average Bonchev–Trinajstić information content (AvgIpc) is 2.17. The standard InChI is InChI=1S/C10H14N2O2S/c11-8-2-1-3-9(6-8)14-4-5-15-7-10(12)13/h1-3,6H,4-5,7,11H2,(H2,12,13). The maximum atomic E-state index is 10.4. The molecular formula is C10H14N2O2S. The molecule has 1 amide bonds. The van der Waals surface area contributed by atoms with Gasteiger partial charge in [0.05, 0.1) is 12.4 Å². The van der Waals surface area contributed by atoms with Crippen molar-refractivity contribution in [2.45, 2.75) is 0 Å². The van der Waals surface area contributed by atoms with Crippen molar-refractivity contribution in [3.8, 4) is 5.75 Å². The number of hydrogen-bond donors (Lipinski definition) is 2. The fourth-order valence-corrected chi connectivity index (χ4v) is 1.54. The van der Waals surface area contributed by atoms with Crippen LogP contribution in [0.1, 0.15) is 0 Å². The molecule has 1 rings (SSSR count). The Morgan fingerprint density at radius 1 is 1.47 bits per heavy atom. The van der Waals surface area contributed by atoms with Crippen molar-refractivity contribution in [2.75, 3.05) is 23.8 Å². The number of benzene rings is 1. The molecule has 0 aliphatic carbocycles. The first-order valence-corrected chi connectivity index (χ1v) is 5.68. The zero-order chi connectivity index (χ0) is 11.1. The van der Waals surface area contributed by atoms with Crippen LogP contribution >= 0.6 is 11.8 Å². The minimum Gasteiger partial charge on any atom is -0.493 e. The first-order chi connectivity index (χ1) is 7.18. The Hall–Kier alpha value is -1.36. The van der Waals surface area contributed by atoms with Gasteiger partial charge in [0.2, 0.25) is 5.91 Å². The lowest BCUT2D eigenvalue weighted by molar-refractivity contribution is -0.115. The summed E-state index contributed by atoms with van der Waals surface area (Å²) in [7, 11) is 0. The minimum atomic E-state index is -0.302. The fraction of sp³-hybridized carbons (Fsp3) is 0.300. The average molecular weight is 226 g/mol. The van der Waals surface area contributed by atoms with E-state index in [1.165, 1.54) is 11.8 Å². The van der Waals surface area contributed by atoms with Gasteiger partial charge in [0, 0.05) is 17.5 Å². The van der Waals surface area contributed by atoms with Gasteiger partial charge < -0.3 is 16.2 Å². The minimum absolute atomic E-state index is 0.302. The molecule has 5 heteroatoms. The Balaban J connectivity index is 2.17. The molecular weight excluding hydrogens is 212 g/mol. The molecule has 0 bridgehead atoms. The lowest BCUT2D eigenvalue weighted by Crippen LogP contribution is -2.14. The van der Waals surface area contributed by atoms with E-state index in [1.54, 1.807) is 12.1 Å². The van der Waals surface area contributed by atoms with Crippen molar-refractivity contribution in [3.05, 3.63) is 24.3 Å². The van der Waals surface area contributed by atoms with Gasteiger partial charge in [0.25, 0.3) is 0 Å². The number of nitrogen functional groups attached to an aromatic ring is 1. The third-order valence-corrected chi connectivity index (χ3v) is 2.54. The van der Waals surface area contributed by atoms with Gasteiger partial charge in [-0.2, -0.15) is 0 Å². The molecule has 0 aromatic heterocycles. The lowest BCUT2D eigenvalue weighted by Gasteiger charge is -2.05. The normalized spacial score (nSPS) is 9.87. The molecule has 15 heavy (non-hydrogen) atoms. The van der Waals surface area contributed by atoms with E-state index in [4.69, 9.17) is 16.2 Å². The van der Waals surface area contributed by atoms with E-state index < -0.39 is 0 Å². The summed E-state index contributed by atoms with van der Waals surface area (Å²) in [4.78, 5) is 10.4. The smallest absolute Gasteiger partial charge is 0.227 e. The molecule has 0 saturated heterocycles. The van der Waals surface area contributed by atoms with Crippen LogP contribution in [0.4, 0.5) is 5.69 Å². The van der Waals surface area contributed by atoms with Crippen molar-refractivity contribution >= 4 is 23.4 Å². The number of nitrogens with two attached hydrogens (primary N) is 2. The van der Waals surface area contributed by atoms with E-state index in [0.29, 0.717) is 18.0 Å². The van der Waals surface area contributed by atoms with Gasteiger partial charge in [-0.1, -0.05) is 6.07 Å². The van der Waals surface area contributed by atoms with Crippen LogP contribution in [0, 0.1) is 0 Å².